The molecule has 1 aromatic heterocycles. The van der Waals surface area contributed by atoms with Crippen LogP contribution in [0.1, 0.15) is 31.4 Å². The van der Waals surface area contributed by atoms with Gasteiger partial charge in [0.2, 0.25) is 15.9 Å². The van der Waals surface area contributed by atoms with Crippen molar-refractivity contribution in [2.24, 2.45) is 0 Å². The Morgan fingerprint density at radius 2 is 2.00 bits per heavy atom. The number of anilines is 1. The molecule has 26 heavy (non-hydrogen) atoms. The molecular formula is C18H21N3O4S. The van der Waals surface area contributed by atoms with Crippen LogP contribution >= 0.6 is 0 Å². The van der Waals surface area contributed by atoms with Gasteiger partial charge in [0, 0.05) is 31.5 Å². The van der Waals surface area contributed by atoms with Crippen molar-refractivity contribution < 1.29 is 17.9 Å². The number of pyridine rings is 1. The molecule has 8 heteroatoms. The Balaban J connectivity index is 2.02. The molecule has 0 spiro atoms. The lowest BCUT2D eigenvalue weighted by atomic mass is 10.1. The molecule has 0 saturated carbocycles. The van der Waals surface area contributed by atoms with E-state index in [-0.39, 0.29) is 22.6 Å². The second-order valence-corrected chi connectivity index (χ2v) is 7.96. The third-order valence-electron chi connectivity index (χ3n) is 4.37. The first-order valence-corrected chi connectivity index (χ1v) is 9.75. The Kier molecular flexibility index (Phi) is 5.24. The van der Waals surface area contributed by atoms with E-state index in [9.17, 15) is 13.2 Å². The lowest BCUT2D eigenvalue weighted by Gasteiger charge is -2.25. The van der Waals surface area contributed by atoms with Gasteiger partial charge in [-0.1, -0.05) is 0 Å². The molecule has 0 bridgehead atoms. The Labute approximate surface area is 153 Å². The molecule has 1 amide bonds. The van der Waals surface area contributed by atoms with E-state index in [2.05, 4.69) is 10.3 Å². The fourth-order valence-corrected chi connectivity index (χ4v) is 5.10. The van der Waals surface area contributed by atoms with Crippen LogP contribution < -0.4 is 10.1 Å². The molecule has 138 valence electrons. The van der Waals surface area contributed by atoms with Crippen LogP contribution in [0.25, 0.3) is 0 Å². The summed E-state index contributed by atoms with van der Waals surface area (Å²) in [7, 11) is -2.37. The molecule has 0 unspecified atom stereocenters. The quantitative estimate of drug-likeness (QED) is 0.868. The molecule has 1 aliphatic heterocycles. The number of methoxy groups -OCH3 is 1. The maximum Gasteiger partial charge on any atom is 0.247 e. The highest BCUT2D eigenvalue weighted by Crippen LogP contribution is 2.39. The Morgan fingerprint density at radius 1 is 1.27 bits per heavy atom. The predicted molar refractivity (Wildman–Crippen MR) is 97.4 cm³/mol. The minimum absolute atomic E-state index is 0.0483. The van der Waals surface area contributed by atoms with Gasteiger partial charge in [-0.15, -0.1) is 0 Å². The zero-order valence-electron chi connectivity index (χ0n) is 14.7. The number of nitrogens with one attached hydrogen (secondary N) is 1. The van der Waals surface area contributed by atoms with E-state index in [1.165, 1.54) is 24.4 Å². The second kappa shape index (κ2) is 7.43. The number of sulfonamides is 1. The summed E-state index contributed by atoms with van der Waals surface area (Å²) in [4.78, 5) is 15.4. The summed E-state index contributed by atoms with van der Waals surface area (Å²) in [5.41, 5.74) is 1.33. The standard InChI is InChI=1S/C18H21N3O4S/c1-13(22)20-15-5-6-17(25-2)18(12-15)26(23,24)21-11-3-4-16(21)14-7-9-19-10-8-14/h5-10,12,16H,3-4,11H2,1-2H3,(H,20,22)/t16-/m0/s1. The monoisotopic (exact) mass is 375 g/mol. The van der Waals surface area contributed by atoms with Crippen LogP contribution in [0, 0.1) is 0 Å². The second-order valence-electron chi connectivity index (χ2n) is 6.10. The van der Waals surface area contributed by atoms with Gasteiger partial charge >= 0.3 is 0 Å². The van der Waals surface area contributed by atoms with Crippen LogP contribution in [0.5, 0.6) is 5.75 Å². The van der Waals surface area contributed by atoms with Gasteiger partial charge in [0.1, 0.15) is 10.6 Å². The van der Waals surface area contributed by atoms with Crippen LogP contribution in [0.15, 0.2) is 47.6 Å². The normalized spacial score (nSPS) is 17.8. The molecule has 3 rings (SSSR count). The van der Waals surface area contributed by atoms with E-state index < -0.39 is 10.0 Å². The molecule has 1 atom stereocenters. The number of rotatable bonds is 5. The largest absolute Gasteiger partial charge is 0.495 e. The number of nitrogens with zero attached hydrogens (tertiary/aromatic N) is 2. The number of hydrogen-bond donors (Lipinski definition) is 1. The molecule has 2 aromatic rings. The van der Waals surface area contributed by atoms with Gasteiger partial charge in [-0.05, 0) is 48.7 Å². The Morgan fingerprint density at radius 3 is 2.65 bits per heavy atom. The average molecular weight is 375 g/mol. The molecule has 7 nitrogen and oxygen atoms in total. The minimum Gasteiger partial charge on any atom is -0.495 e. The topological polar surface area (TPSA) is 88.6 Å². The van der Waals surface area contributed by atoms with E-state index in [1.54, 1.807) is 24.5 Å². The van der Waals surface area contributed by atoms with Crippen molar-refractivity contribution >= 4 is 21.6 Å². The molecule has 1 aromatic carbocycles. The third-order valence-corrected chi connectivity index (χ3v) is 6.29. The zero-order chi connectivity index (χ0) is 18.7. The summed E-state index contributed by atoms with van der Waals surface area (Å²) < 4.78 is 33.5. The number of carbonyl (C=O) groups excluding carboxylic acids is 1. The van der Waals surface area contributed by atoms with Crippen LogP contribution in [-0.4, -0.2) is 37.3 Å². The van der Waals surface area contributed by atoms with Crippen molar-refractivity contribution in [1.82, 2.24) is 9.29 Å². The van der Waals surface area contributed by atoms with Gasteiger partial charge < -0.3 is 10.1 Å². The lowest BCUT2D eigenvalue weighted by Crippen LogP contribution is -2.31. The molecule has 1 fully saturated rings. The van der Waals surface area contributed by atoms with Crippen molar-refractivity contribution in [2.45, 2.75) is 30.7 Å². The molecule has 0 aliphatic carbocycles. The first-order valence-electron chi connectivity index (χ1n) is 8.31. The van der Waals surface area contributed by atoms with E-state index in [1.807, 2.05) is 12.1 Å². The van der Waals surface area contributed by atoms with Gasteiger partial charge in [0.15, 0.2) is 0 Å². The minimum atomic E-state index is -3.80. The van der Waals surface area contributed by atoms with Crippen LogP contribution in [0.3, 0.4) is 0 Å². The number of ether oxygens (including phenoxy) is 1. The molecular weight excluding hydrogens is 354 g/mol. The number of carbonyl (C=O) groups is 1. The fourth-order valence-electron chi connectivity index (χ4n) is 3.23. The third kappa shape index (κ3) is 3.56. The molecule has 2 heterocycles. The summed E-state index contributed by atoms with van der Waals surface area (Å²) in [5, 5.41) is 2.62. The number of hydrogen-bond acceptors (Lipinski definition) is 5. The average Bonchev–Trinajstić information content (AvgIpc) is 3.12. The van der Waals surface area contributed by atoms with Crippen molar-refractivity contribution in [2.75, 3.05) is 19.0 Å². The summed E-state index contributed by atoms with van der Waals surface area (Å²) in [6, 6.07) is 8.04. The number of aromatic nitrogens is 1. The molecule has 0 radical (unpaired) electrons. The van der Waals surface area contributed by atoms with E-state index in [4.69, 9.17) is 4.74 Å². The SMILES string of the molecule is COc1ccc(NC(C)=O)cc1S(=O)(=O)N1CCC[C@H]1c1ccncc1. The summed E-state index contributed by atoms with van der Waals surface area (Å²) in [6.45, 7) is 1.81. The first kappa shape index (κ1) is 18.3. The first-order chi connectivity index (χ1) is 12.4. The van der Waals surface area contributed by atoms with Gasteiger partial charge in [-0.3, -0.25) is 9.78 Å². The summed E-state index contributed by atoms with van der Waals surface area (Å²) in [6.07, 6.45) is 4.85. The smallest absolute Gasteiger partial charge is 0.247 e. The Bertz CT molecular complexity index is 900. The van der Waals surface area contributed by atoms with Crippen molar-refractivity contribution in [1.29, 1.82) is 0 Å². The highest BCUT2D eigenvalue weighted by molar-refractivity contribution is 7.89. The number of amides is 1. The zero-order valence-corrected chi connectivity index (χ0v) is 15.5. The lowest BCUT2D eigenvalue weighted by molar-refractivity contribution is -0.114. The predicted octanol–water partition coefficient (Wildman–Crippen LogP) is 2.57. The molecule has 1 aliphatic rings. The highest BCUT2D eigenvalue weighted by Gasteiger charge is 2.37. The van der Waals surface area contributed by atoms with Gasteiger partial charge in [0.25, 0.3) is 0 Å². The van der Waals surface area contributed by atoms with Crippen molar-refractivity contribution in [3.63, 3.8) is 0 Å². The number of benzene rings is 1. The maximum absolute atomic E-state index is 13.4. The summed E-state index contributed by atoms with van der Waals surface area (Å²) >= 11 is 0. The molecule has 1 N–H and O–H groups in total. The summed E-state index contributed by atoms with van der Waals surface area (Å²) in [5.74, 6) is -0.0196. The van der Waals surface area contributed by atoms with E-state index >= 15 is 0 Å². The van der Waals surface area contributed by atoms with E-state index in [0.717, 1.165) is 18.4 Å². The Hall–Kier alpha value is -2.45. The van der Waals surface area contributed by atoms with Gasteiger partial charge in [0.05, 0.1) is 13.2 Å². The van der Waals surface area contributed by atoms with Crippen LogP contribution in [0.2, 0.25) is 0 Å². The van der Waals surface area contributed by atoms with E-state index in [0.29, 0.717) is 12.2 Å². The molecule has 1 saturated heterocycles. The van der Waals surface area contributed by atoms with Gasteiger partial charge in [-0.25, -0.2) is 8.42 Å². The maximum atomic E-state index is 13.4. The van der Waals surface area contributed by atoms with Gasteiger partial charge in [-0.2, -0.15) is 4.31 Å². The van der Waals surface area contributed by atoms with Crippen LogP contribution in [0.4, 0.5) is 5.69 Å². The fraction of sp³-hybridized carbons (Fsp3) is 0.333. The van der Waals surface area contributed by atoms with Crippen molar-refractivity contribution in [3.05, 3.63) is 48.3 Å². The van der Waals surface area contributed by atoms with Crippen molar-refractivity contribution in [3.8, 4) is 5.75 Å². The van der Waals surface area contributed by atoms with Crippen LogP contribution in [-0.2, 0) is 14.8 Å². The highest BCUT2D eigenvalue weighted by atomic mass is 32.2.